The maximum Gasteiger partial charge on any atom is 0.341 e. The molecule has 0 atom stereocenters. The molecule has 8 nitrogen and oxygen atoms in total. The first-order valence-electron chi connectivity index (χ1n) is 7.03. The van der Waals surface area contributed by atoms with E-state index in [2.05, 4.69) is 5.32 Å². The van der Waals surface area contributed by atoms with Crippen molar-refractivity contribution in [3.05, 3.63) is 53.7 Å². The number of furan rings is 1. The van der Waals surface area contributed by atoms with E-state index in [4.69, 9.17) is 9.15 Å². The van der Waals surface area contributed by atoms with E-state index >= 15 is 0 Å². The van der Waals surface area contributed by atoms with E-state index in [1.165, 1.54) is 13.3 Å². The molecule has 2 rings (SSSR count). The highest BCUT2D eigenvalue weighted by molar-refractivity contribution is 7.89. The lowest BCUT2D eigenvalue weighted by atomic mass is 10.2. The van der Waals surface area contributed by atoms with Crippen LogP contribution in [0.15, 0.2) is 45.9 Å². The summed E-state index contributed by atoms with van der Waals surface area (Å²) >= 11 is 0. The quantitative estimate of drug-likeness (QED) is 0.697. The lowest BCUT2D eigenvalue weighted by Crippen LogP contribution is -2.28. The summed E-state index contributed by atoms with van der Waals surface area (Å²) in [6.07, 6.45) is 1.44. The summed E-state index contributed by atoms with van der Waals surface area (Å²) in [6, 6.07) is 5.97. The molecule has 2 aromatic rings. The number of carbonyl (C=O) groups is 2. The predicted molar refractivity (Wildman–Crippen MR) is 83.5 cm³/mol. The van der Waals surface area contributed by atoms with E-state index in [1.54, 1.807) is 12.1 Å². The van der Waals surface area contributed by atoms with E-state index in [-0.39, 0.29) is 11.4 Å². The van der Waals surface area contributed by atoms with Gasteiger partial charge in [0, 0.05) is 0 Å². The second kappa shape index (κ2) is 7.90. The largest absolute Gasteiger partial charge is 0.467 e. The molecular weight excluding hydrogens is 355 g/mol. The average Bonchev–Trinajstić information content (AvgIpc) is 3.11. The van der Waals surface area contributed by atoms with Gasteiger partial charge in [0.1, 0.15) is 11.6 Å². The van der Waals surface area contributed by atoms with Crippen LogP contribution in [0.4, 0.5) is 4.39 Å². The first-order chi connectivity index (χ1) is 11.8. The molecule has 10 heteroatoms. The van der Waals surface area contributed by atoms with Crippen LogP contribution in [0, 0.1) is 5.82 Å². The second-order valence-electron chi connectivity index (χ2n) is 4.78. The fourth-order valence-corrected chi connectivity index (χ4v) is 2.56. The number of sulfonamides is 1. The van der Waals surface area contributed by atoms with Gasteiger partial charge < -0.3 is 14.5 Å². The number of nitrogens with one attached hydrogen (secondary N) is 2. The first-order valence-corrected chi connectivity index (χ1v) is 8.51. The van der Waals surface area contributed by atoms with Crippen molar-refractivity contribution < 1.29 is 31.6 Å². The van der Waals surface area contributed by atoms with Crippen molar-refractivity contribution in [3.63, 3.8) is 0 Å². The van der Waals surface area contributed by atoms with Crippen molar-refractivity contribution in [3.8, 4) is 0 Å². The van der Waals surface area contributed by atoms with Crippen LogP contribution in [0.3, 0.4) is 0 Å². The van der Waals surface area contributed by atoms with Gasteiger partial charge in [0.25, 0.3) is 5.91 Å². The van der Waals surface area contributed by atoms with Gasteiger partial charge in [0.15, 0.2) is 6.61 Å². The number of esters is 1. The predicted octanol–water partition coefficient (Wildman–Crippen LogP) is 0.800. The molecule has 0 aliphatic heterocycles. The van der Waals surface area contributed by atoms with E-state index in [0.29, 0.717) is 5.76 Å². The third-order valence-electron chi connectivity index (χ3n) is 3.11. The van der Waals surface area contributed by atoms with Gasteiger partial charge >= 0.3 is 5.97 Å². The van der Waals surface area contributed by atoms with Crippen molar-refractivity contribution in [2.45, 2.75) is 11.4 Å². The lowest BCUT2D eigenvalue weighted by molar-refractivity contribution is -0.124. The highest BCUT2D eigenvalue weighted by Crippen LogP contribution is 2.16. The van der Waals surface area contributed by atoms with E-state index in [9.17, 15) is 22.4 Å². The van der Waals surface area contributed by atoms with Gasteiger partial charge in [-0.15, -0.1) is 0 Å². The highest BCUT2D eigenvalue weighted by Gasteiger charge is 2.20. The van der Waals surface area contributed by atoms with Crippen LogP contribution in [0.5, 0.6) is 0 Å². The molecule has 0 aliphatic carbocycles. The zero-order valence-electron chi connectivity index (χ0n) is 13.1. The van der Waals surface area contributed by atoms with Gasteiger partial charge in [0.05, 0.1) is 23.3 Å². The van der Waals surface area contributed by atoms with Crippen molar-refractivity contribution >= 4 is 21.9 Å². The number of rotatable bonds is 7. The van der Waals surface area contributed by atoms with Gasteiger partial charge in [-0.25, -0.2) is 22.3 Å². The molecule has 25 heavy (non-hydrogen) atoms. The Morgan fingerprint density at radius 2 is 2.04 bits per heavy atom. The van der Waals surface area contributed by atoms with Gasteiger partial charge in [-0.1, -0.05) is 0 Å². The Hall–Kier alpha value is -2.72. The standard InChI is InChI=1S/C15H15FN2O6S/c1-17-25(21,22)11-4-5-13(16)12(7-11)15(20)24-9-14(19)18-8-10-3-2-6-23-10/h2-7,17H,8-9H2,1H3,(H,18,19). The summed E-state index contributed by atoms with van der Waals surface area (Å²) in [4.78, 5) is 23.2. The van der Waals surface area contributed by atoms with E-state index in [1.807, 2.05) is 4.72 Å². The smallest absolute Gasteiger partial charge is 0.341 e. The minimum atomic E-state index is -3.85. The number of hydrogen-bond acceptors (Lipinski definition) is 6. The number of hydrogen-bond donors (Lipinski definition) is 2. The Balaban J connectivity index is 1.98. The van der Waals surface area contributed by atoms with Crippen LogP contribution in [0.2, 0.25) is 0 Å². The number of benzene rings is 1. The average molecular weight is 370 g/mol. The van der Waals surface area contributed by atoms with Crippen LogP contribution in [0.1, 0.15) is 16.1 Å². The molecule has 1 amide bonds. The third-order valence-corrected chi connectivity index (χ3v) is 4.52. The van der Waals surface area contributed by atoms with Crippen LogP contribution >= 0.6 is 0 Å². The van der Waals surface area contributed by atoms with E-state index < -0.39 is 39.9 Å². The molecule has 0 saturated heterocycles. The summed E-state index contributed by atoms with van der Waals surface area (Å²) in [7, 11) is -2.67. The number of carbonyl (C=O) groups excluding carboxylic acids is 2. The molecule has 0 unspecified atom stereocenters. The minimum Gasteiger partial charge on any atom is -0.467 e. The summed E-state index contributed by atoms with van der Waals surface area (Å²) in [5.74, 6) is -2.23. The summed E-state index contributed by atoms with van der Waals surface area (Å²) in [6.45, 7) is -0.546. The van der Waals surface area contributed by atoms with E-state index in [0.717, 1.165) is 18.2 Å². The zero-order chi connectivity index (χ0) is 18.4. The van der Waals surface area contributed by atoms with Gasteiger partial charge in [-0.2, -0.15) is 0 Å². The van der Waals surface area contributed by atoms with Crippen LogP contribution in [-0.4, -0.2) is 33.9 Å². The monoisotopic (exact) mass is 370 g/mol. The summed E-state index contributed by atoms with van der Waals surface area (Å²) < 4.78 is 48.9. The van der Waals surface area contributed by atoms with Crippen LogP contribution < -0.4 is 10.0 Å². The normalized spacial score (nSPS) is 11.1. The maximum absolute atomic E-state index is 13.7. The topological polar surface area (TPSA) is 115 Å². The third kappa shape index (κ3) is 4.88. The summed E-state index contributed by atoms with van der Waals surface area (Å²) in [5, 5.41) is 2.44. The van der Waals surface area contributed by atoms with Crippen LogP contribution in [0.25, 0.3) is 0 Å². The number of halogens is 1. The number of ether oxygens (including phenoxy) is 1. The SMILES string of the molecule is CNS(=O)(=O)c1ccc(F)c(C(=O)OCC(=O)NCc2ccco2)c1. The molecule has 0 radical (unpaired) electrons. The zero-order valence-corrected chi connectivity index (χ0v) is 13.9. The Bertz CT molecular complexity index is 864. The molecule has 2 N–H and O–H groups in total. The molecule has 1 heterocycles. The fraction of sp³-hybridized carbons (Fsp3) is 0.200. The fourth-order valence-electron chi connectivity index (χ4n) is 1.80. The molecule has 1 aromatic carbocycles. The Morgan fingerprint density at radius 3 is 2.68 bits per heavy atom. The highest BCUT2D eigenvalue weighted by atomic mass is 32.2. The molecular formula is C15H15FN2O6S. The molecule has 0 bridgehead atoms. The van der Waals surface area contributed by atoms with Gasteiger partial charge in [-0.3, -0.25) is 4.79 Å². The maximum atomic E-state index is 13.7. The summed E-state index contributed by atoms with van der Waals surface area (Å²) in [5.41, 5.74) is -0.588. The van der Waals surface area contributed by atoms with Gasteiger partial charge in [0.2, 0.25) is 10.0 Å². The minimum absolute atomic E-state index is 0.105. The molecule has 0 fully saturated rings. The van der Waals surface area contributed by atoms with Crippen LogP contribution in [-0.2, 0) is 26.1 Å². The Morgan fingerprint density at radius 1 is 1.28 bits per heavy atom. The molecule has 134 valence electrons. The van der Waals surface area contributed by atoms with Crippen molar-refractivity contribution in [2.75, 3.05) is 13.7 Å². The Kier molecular flexibility index (Phi) is 5.88. The Labute approximate surface area is 143 Å². The van der Waals surface area contributed by atoms with Gasteiger partial charge in [-0.05, 0) is 37.4 Å². The number of amides is 1. The molecule has 0 aliphatic rings. The first kappa shape index (κ1) is 18.6. The van der Waals surface area contributed by atoms with Crippen molar-refractivity contribution in [2.24, 2.45) is 0 Å². The molecule has 1 aromatic heterocycles. The van der Waals surface area contributed by atoms with Crippen molar-refractivity contribution in [1.82, 2.24) is 10.0 Å². The van der Waals surface area contributed by atoms with Crippen molar-refractivity contribution in [1.29, 1.82) is 0 Å². The molecule has 0 saturated carbocycles. The molecule has 0 spiro atoms. The second-order valence-corrected chi connectivity index (χ2v) is 6.67. The lowest BCUT2D eigenvalue weighted by Gasteiger charge is -2.08.